The molecule has 0 radical (unpaired) electrons. The van der Waals surface area contributed by atoms with Crippen molar-refractivity contribution in [3.8, 4) is 5.75 Å². The summed E-state index contributed by atoms with van der Waals surface area (Å²) < 4.78 is 10.4. The lowest BCUT2D eigenvalue weighted by Crippen LogP contribution is -2.48. The molecule has 0 spiro atoms. The molecule has 9 heteroatoms. The molecule has 1 aromatic rings. The molecule has 1 fully saturated rings. The molecule has 1 atom stereocenters. The number of methoxy groups -OCH3 is 1. The van der Waals surface area contributed by atoms with Crippen molar-refractivity contribution in [3.05, 3.63) is 28.3 Å². The first kappa shape index (κ1) is 17.7. The van der Waals surface area contributed by atoms with Crippen molar-refractivity contribution in [2.45, 2.75) is 19.4 Å². The monoisotopic (exact) mass is 337 g/mol. The number of nitrogens with one attached hydrogen (secondary N) is 1. The SMILES string of the molecule is CCN1CCO[C@H](CC(=O)Nc2ccc([N+](=O)[O-])cc2OC)C1=O. The van der Waals surface area contributed by atoms with Crippen LogP contribution in [0.4, 0.5) is 11.4 Å². The van der Waals surface area contributed by atoms with Crippen LogP contribution in [0.3, 0.4) is 0 Å². The minimum Gasteiger partial charge on any atom is -0.494 e. The van der Waals surface area contributed by atoms with E-state index in [9.17, 15) is 19.7 Å². The van der Waals surface area contributed by atoms with Gasteiger partial charge in [0.05, 0.1) is 36.8 Å². The Hall–Kier alpha value is -2.68. The fourth-order valence-electron chi connectivity index (χ4n) is 2.42. The van der Waals surface area contributed by atoms with Gasteiger partial charge in [-0.25, -0.2) is 0 Å². The van der Waals surface area contributed by atoms with Crippen molar-refractivity contribution in [2.24, 2.45) is 0 Å². The van der Waals surface area contributed by atoms with Crippen molar-refractivity contribution in [3.63, 3.8) is 0 Å². The number of ether oxygens (including phenoxy) is 2. The molecular formula is C15H19N3O6. The second-order valence-corrected chi connectivity index (χ2v) is 5.17. The number of carbonyl (C=O) groups excluding carboxylic acids is 2. The molecule has 1 aliphatic heterocycles. The van der Waals surface area contributed by atoms with E-state index in [1.807, 2.05) is 6.92 Å². The number of hydrogen-bond acceptors (Lipinski definition) is 6. The molecule has 1 heterocycles. The van der Waals surface area contributed by atoms with E-state index in [1.165, 1.54) is 25.3 Å². The van der Waals surface area contributed by atoms with Gasteiger partial charge >= 0.3 is 0 Å². The smallest absolute Gasteiger partial charge is 0.273 e. The molecule has 1 aliphatic rings. The first-order valence-corrected chi connectivity index (χ1v) is 7.49. The fraction of sp³-hybridized carbons (Fsp3) is 0.467. The maximum atomic E-state index is 12.2. The zero-order valence-corrected chi connectivity index (χ0v) is 13.5. The molecule has 0 aliphatic carbocycles. The van der Waals surface area contributed by atoms with Gasteiger partial charge in [-0.15, -0.1) is 0 Å². The topological polar surface area (TPSA) is 111 Å². The van der Waals surface area contributed by atoms with Gasteiger partial charge in [-0.3, -0.25) is 19.7 Å². The summed E-state index contributed by atoms with van der Waals surface area (Å²) >= 11 is 0. The van der Waals surface area contributed by atoms with Gasteiger partial charge in [-0.2, -0.15) is 0 Å². The molecule has 0 saturated carbocycles. The fourth-order valence-corrected chi connectivity index (χ4v) is 2.42. The normalized spacial score (nSPS) is 17.5. The first-order valence-electron chi connectivity index (χ1n) is 7.49. The predicted molar refractivity (Wildman–Crippen MR) is 84.9 cm³/mol. The van der Waals surface area contributed by atoms with Crippen molar-refractivity contribution >= 4 is 23.2 Å². The molecule has 1 saturated heterocycles. The minimum atomic E-state index is -0.817. The molecule has 9 nitrogen and oxygen atoms in total. The predicted octanol–water partition coefficient (Wildman–Crippen LogP) is 1.18. The average Bonchev–Trinajstić information content (AvgIpc) is 2.56. The third-order valence-corrected chi connectivity index (χ3v) is 3.69. The number of anilines is 1. The lowest BCUT2D eigenvalue weighted by atomic mass is 10.1. The highest BCUT2D eigenvalue weighted by atomic mass is 16.6. The zero-order chi connectivity index (χ0) is 17.7. The quantitative estimate of drug-likeness (QED) is 0.616. The van der Waals surface area contributed by atoms with Gasteiger partial charge in [0.2, 0.25) is 5.91 Å². The molecule has 24 heavy (non-hydrogen) atoms. The van der Waals surface area contributed by atoms with Gasteiger partial charge in [0.1, 0.15) is 11.9 Å². The number of rotatable bonds is 6. The molecule has 2 rings (SSSR count). The van der Waals surface area contributed by atoms with Crippen LogP contribution in [0.25, 0.3) is 0 Å². The van der Waals surface area contributed by atoms with E-state index >= 15 is 0 Å². The van der Waals surface area contributed by atoms with Crippen LogP contribution in [0.15, 0.2) is 18.2 Å². The number of carbonyl (C=O) groups is 2. The third kappa shape index (κ3) is 3.99. The number of benzene rings is 1. The Kier molecular flexibility index (Phi) is 5.69. The van der Waals surface area contributed by atoms with Crippen molar-refractivity contribution in [1.29, 1.82) is 0 Å². The highest BCUT2D eigenvalue weighted by Crippen LogP contribution is 2.29. The lowest BCUT2D eigenvalue weighted by molar-refractivity contribution is -0.384. The van der Waals surface area contributed by atoms with Gasteiger partial charge in [0.25, 0.3) is 11.6 Å². The van der Waals surface area contributed by atoms with Crippen LogP contribution in [0.2, 0.25) is 0 Å². The Labute approximate surface area is 138 Å². The van der Waals surface area contributed by atoms with Crippen LogP contribution < -0.4 is 10.1 Å². The van der Waals surface area contributed by atoms with Crippen molar-refractivity contribution in [2.75, 3.05) is 32.1 Å². The van der Waals surface area contributed by atoms with E-state index < -0.39 is 16.9 Å². The number of amides is 2. The summed E-state index contributed by atoms with van der Waals surface area (Å²) in [6.07, 6.45) is -0.946. The maximum absolute atomic E-state index is 12.2. The Balaban J connectivity index is 2.04. The van der Waals surface area contributed by atoms with Gasteiger partial charge in [0, 0.05) is 19.2 Å². The summed E-state index contributed by atoms with van der Waals surface area (Å²) in [6, 6.07) is 3.87. The molecule has 130 valence electrons. The van der Waals surface area contributed by atoms with Crippen LogP contribution in [0.5, 0.6) is 5.75 Å². The summed E-state index contributed by atoms with van der Waals surface area (Å²) in [5.74, 6) is -0.475. The summed E-state index contributed by atoms with van der Waals surface area (Å²) in [4.78, 5) is 36.1. The molecule has 2 amide bonds. The maximum Gasteiger partial charge on any atom is 0.273 e. The number of nitrogens with zero attached hydrogens (tertiary/aromatic N) is 2. The Morgan fingerprint density at radius 3 is 2.92 bits per heavy atom. The van der Waals surface area contributed by atoms with Gasteiger partial charge in [0.15, 0.2) is 0 Å². The van der Waals surface area contributed by atoms with Crippen LogP contribution in [0, 0.1) is 10.1 Å². The molecular weight excluding hydrogens is 318 g/mol. The number of nitro groups is 1. The second-order valence-electron chi connectivity index (χ2n) is 5.17. The largest absolute Gasteiger partial charge is 0.494 e. The highest BCUT2D eigenvalue weighted by molar-refractivity contribution is 5.96. The molecule has 1 aromatic carbocycles. The van der Waals surface area contributed by atoms with Gasteiger partial charge in [-0.05, 0) is 13.0 Å². The van der Waals surface area contributed by atoms with Gasteiger partial charge < -0.3 is 19.7 Å². The van der Waals surface area contributed by atoms with Crippen LogP contribution >= 0.6 is 0 Å². The standard InChI is InChI=1S/C15H19N3O6/c1-3-17-6-7-24-13(15(17)20)9-14(19)16-11-5-4-10(18(21)22)8-12(11)23-2/h4-5,8,13H,3,6-7,9H2,1-2H3,(H,16,19)/t13-/m1/s1. The lowest BCUT2D eigenvalue weighted by Gasteiger charge is -2.31. The number of hydrogen-bond donors (Lipinski definition) is 1. The minimum absolute atomic E-state index is 0.129. The van der Waals surface area contributed by atoms with Crippen molar-refractivity contribution < 1.29 is 24.0 Å². The van der Waals surface area contributed by atoms with Crippen LogP contribution in [0.1, 0.15) is 13.3 Å². The van der Waals surface area contributed by atoms with E-state index in [4.69, 9.17) is 9.47 Å². The van der Waals surface area contributed by atoms with E-state index in [0.29, 0.717) is 25.4 Å². The summed E-state index contributed by atoms with van der Waals surface area (Å²) in [5.41, 5.74) is 0.151. The summed E-state index contributed by atoms with van der Waals surface area (Å²) in [5, 5.41) is 13.4. The van der Waals surface area contributed by atoms with E-state index in [-0.39, 0.29) is 23.8 Å². The zero-order valence-electron chi connectivity index (χ0n) is 13.5. The Morgan fingerprint density at radius 1 is 1.54 bits per heavy atom. The third-order valence-electron chi connectivity index (χ3n) is 3.69. The molecule has 0 bridgehead atoms. The number of likely N-dealkylation sites (N-methyl/N-ethyl adjacent to an activating group) is 1. The summed E-state index contributed by atoms with van der Waals surface area (Å²) in [6.45, 7) is 3.33. The first-order chi connectivity index (χ1) is 11.5. The number of non-ortho nitro benzene ring substituents is 1. The summed E-state index contributed by atoms with van der Waals surface area (Å²) in [7, 11) is 1.35. The number of morpholine rings is 1. The molecule has 0 aromatic heterocycles. The van der Waals surface area contributed by atoms with Crippen LogP contribution in [-0.4, -0.2) is 54.5 Å². The van der Waals surface area contributed by atoms with E-state index in [1.54, 1.807) is 4.90 Å². The Morgan fingerprint density at radius 2 is 2.29 bits per heavy atom. The second kappa shape index (κ2) is 7.73. The molecule has 0 unspecified atom stereocenters. The average molecular weight is 337 g/mol. The number of nitro benzene ring substituents is 1. The Bertz CT molecular complexity index is 648. The van der Waals surface area contributed by atoms with Crippen molar-refractivity contribution in [1.82, 2.24) is 4.90 Å². The highest BCUT2D eigenvalue weighted by Gasteiger charge is 2.30. The molecule has 1 N–H and O–H groups in total. The van der Waals surface area contributed by atoms with Gasteiger partial charge in [-0.1, -0.05) is 0 Å². The van der Waals surface area contributed by atoms with Crippen LogP contribution in [-0.2, 0) is 14.3 Å². The van der Waals surface area contributed by atoms with E-state index in [0.717, 1.165) is 0 Å². The van der Waals surface area contributed by atoms with E-state index in [2.05, 4.69) is 5.32 Å².